The molecule has 1 aromatic rings. The van der Waals surface area contributed by atoms with Crippen LogP contribution in [0, 0.1) is 0 Å². The van der Waals surface area contributed by atoms with Crippen LogP contribution in [-0.2, 0) is 9.59 Å². The van der Waals surface area contributed by atoms with Crippen molar-refractivity contribution in [3.63, 3.8) is 0 Å². The molecule has 2 N–H and O–H groups in total. The Morgan fingerprint density at radius 1 is 1.22 bits per heavy atom. The van der Waals surface area contributed by atoms with E-state index >= 15 is 0 Å². The van der Waals surface area contributed by atoms with E-state index in [9.17, 15) is 9.59 Å². The topological polar surface area (TPSA) is 77.0 Å². The van der Waals surface area contributed by atoms with Crippen LogP contribution in [0.3, 0.4) is 0 Å². The van der Waals surface area contributed by atoms with E-state index < -0.39 is 6.04 Å². The zero-order valence-corrected chi connectivity index (χ0v) is 16.4. The molecule has 146 valence electrons. The molecule has 1 aromatic carbocycles. The van der Waals surface area contributed by atoms with E-state index in [0.29, 0.717) is 11.9 Å². The summed E-state index contributed by atoms with van der Waals surface area (Å²) in [5.41, 5.74) is 1.94. The first-order valence-corrected chi connectivity index (χ1v) is 9.72. The Kier molecular flexibility index (Phi) is 6.11. The van der Waals surface area contributed by atoms with Crippen molar-refractivity contribution in [1.82, 2.24) is 15.1 Å². The predicted molar refractivity (Wildman–Crippen MR) is 107 cm³/mol. The predicted octanol–water partition coefficient (Wildman–Crippen LogP) is 1.63. The molecule has 1 fully saturated rings. The number of anilines is 1. The summed E-state index contributed by atoms with van der Waals surface area (Å²) in [6.07, 6.45) is 0.0777. The maximum atomic E-state index is 12.6. The summed E-state index contributed by atoms with van der Waals surface area (Å²) in [7, 11) is 0. The fourth-order valence-corrected chi connectivity index (χ4v) is 3.34. The van der Waals surface area contributed by atoms with Gasteiger partial charge in [0.1, 0.15) is 6.04 Å². The third-order valence-electron chi connectivity index (χ3n) is 5.17. The number of nitrogens with one attached hydrogen (secondary N) is 2. The molecule has 0 spiro atoms. The molecular formula is C20H29N5O2. The van der Waals surface area contributed by atoms with Gasteiger partial charge < -0.3 is 15.1 Å². The van der Waals surface area contributed by atoms with E-state index in [2.05, 4.69) is 46.2 Å². The van der Waals surface area contributed by atoms with E-state index in [1.807, 2.05) is 24.3 Å². The quantitative estimate of drug-likeness (QED) is 0.843. The van der Waals surface area contributed by atoms with Crippen LogP contribution in [0.1, 0.15) is 38.7 Å². The number of nitrogens with zero attached hydrogens (tertiary/aromatic N) is 3. The SMILES string of the molecule is CCN1CCN(C2=N[C@H](C(=O)Nc3ccc(C(C)C)cc3)CC(=O)N2)CC1. The van der Waals surface area contributed by atoms with E-state index in [1.54, 1.807) is 0 Å². The highest BCUT2D eigenvalue weighted by atomic mass is 16.2. The molecule has 2 amide bonds. The average Bonchev–Trinajstić information content (AvgIpc) is 2.68. The molecular weight excluding hydrogens is 342 g/mol. The van der Waals surface area contributed by atoms with Crippen LogP contribution in [0.4, 0.5) is 5.69 Å². The lowest BCUT2D eigenvalue weighted by Gasteiger charge is -2.37. The summed E-state index contributed by atoms with van der Waals surface area (Å²) >= 11 is 0. The zero-order valence-electron chi connectivity index (χ0n) is 16.4. The molecule has 2 aliphatic rings. The number of amides is 2. The Morgan fingerprint density at radius 2 is 1.89 bits per heavy atom. The van der Waals surface area contributed by atoms with Gasteiger partial charge in [0.2, 0.25) is 17.8 Å². The van der Waals surface area contributed by atoms with Gasteiger partial charge in [-0.2, -0.15) is 0 Å². The lowest BCUT2D eigenvalue weighted by molar-refractivity contribution is -0.125. The van der Waals surface area contributed by atoms with Crippen molar-refractivity contribution in [1.29, 1.82) is 0 Å². The Balaban J connectivity index is 1.65. The second-order valence-electron chi connectivity index (χ2n) is 7.41. The summed E-state index contributed by atoms with van der Waals surface area (Å²) < 4.78 is 0. The number of aliphatic imine (C=N–C) groups is 1. The molecule has 1 atom stereocenters. The highest BCUT2D eigenvalue weighted by Gasteiger charge is 2.30. The molecule has 27 heavy (non-hydrogen) atoms. The first-order chi connectivity index (χ1) is 13.0. The molecule has 0 aromatic heterocycles. The Morgan fingerprint density at radius 3 is 2.48 bits per heavy atom. The standard InChI is InChI=1S/C20H29N5O2/c1-4-24-9-11-25(12-10-24)20-22-17(13-18(26)23-20)19(27)21-16-7-5-15(6-8-16)14(2)3/h5-8,14,17H,4,9-13H2,1-3H3,(H,21,27)(H,22,23,26)/t17-/m0/s1. The maximum absolute atomic E-state index is 12.6. The van der Waals surface area contributed by atoms with Crippen LogP contribution in [0.5, 0.6) is 0 Å². The number of likely N-dealkylation sites (N-methyl/N-ethyl adjacent to an activating group) is 1. The summed E-state index contributed by atoms with van der Waals surface area (Å²) in [5, 5.41) is 5.71. The van der Waals surface area contributed by atoms with Crippen molar-refractivity contribution in [2.45, 2.75) is 39.2 Å². The summed E-state index contributed by atoms with van der Waals surface area (Å²) in [6.45, 7) is 10.9. The average molecular weight is 371 g/mol. The number of carbonyl (C=O) groups excluding carboxylic acids is 2. The van der Waals surface area contributed by atoms with E-state index in [1.165, 1.54) is 5.56 Å². The minimum atomic E-state index is -0.692. The van der Waals surface area contributed by atoms with Gasteiger partial charge in [-0.3, -0.25) is 14.9 Å². The van der Waals surface area contributed by atoms with Crippen molar-refractivity contribution in [3.8, 4) is 0 Å². The molecule has 7 heteroatoms. The highest BCUT2D eigenvalue weighted by molar-refractivity contribution is 6.05. The highest BCUT2D eigenvalue weighted by Crippen LogP contribution is 2.18. The Hall–Kier alpha value is -2.41. The minimum Gasteiger partial charge on any atom is -0.340 e. The zero-order chi connectivity index (χ0) is 19.4. The minimum absolute atomic E-state index is 0.0777. The van der Waals surface area contributed by atoms with Gasteiger partial charge in [0, 0.05) is 31.9 Å². The molecule has 1 saturated heterocycles. The summed E-state index contributed by atoms with van der Waals surface area (Å²) in [6, 6.07) is 7.11. The molecule has 3 rings (SSSR count). The van der Waals surface area contributed by atoms with Crippen LogP contribution >= 0.6 is 0 Å². The fraction of sp³-hybridized carbons (Fsp3) is 0.550. The van der Waals surface area contributed by atoms with Crippen molar-refractivity contribution in [3.05, 3.63) is 29.8 Å². The number of benzene rings is 1. The summed E-state index contributed by atoms with van der Waals surface area (Å²) in [4.78, 5) is 33.7. The molecule has 0 unspecified atom stereocenters. The lowest BCUT2D eigenvalue weighted by Crippen LogP contribution is -2.56. The smallest absolute Gasteiger partial charge is 0.249 e. The largest absolute Gasteiger partial charge is 0.340 e. The van der Waals surface area contributed by atoms with E-state index in [0.717, 1.165) is 38.4 Å². The van der Waals surface area contributed by atoms with Crippen molar-refractivity contribution >= 4 is 23.5 Å². The molecule has 2 heterocycles. The van der Waals surface area contributed by atoms with Crippen LogP contribution in [0.2, 0.25) is 0 Å². The number of hydrogen-bond donors (Lipinski definition) is 2. The van der Waals surface area contributed by atoms with E-state index in [4.69, 9.17) is 0 Å². The van der Waals surface area contributed by atoms with Gasteiger partial charge in [-0.05, 0) is 30.2 Å². The Labute approximate surface area is 160 Å². The van der Waals surface area contributed by atoms with Gasteiger partial charge in [-0.15, -0.1) is 0 Å². The molecule has 0 aliphatic carbocycles. The van der Waals surface area contributed by atoms with Gasteiger partial charge >= 0.3 is 0 Å². The summed E-state index contributed by atoms with van der Waals surface area (Å²) in [5.74, 6) is 0.564. The van der Waals surface area contributed by atoms with Crippen LogP contribution < -0.4 is 10.6 Å². The van der Waals surface area contributed by atoms with Crippen LogP contribution in [-0.4, -0.2) is 66.3 Å². The Bertz CT molecular complexity index is 706. The molecule has 0 radical (unpaired) electrons. The van der Waals surface area contributed by atoms with Gasteiger partial charge in [0.25, 0.3) is 0 Å². The van der Waals surface area contributed by atoms with Gasteiger partial charge in [-0.25, -0.2) is 4.99 Å². The van der Waals surface area contributed by atoms with Crippen molar-refractivity contribution < 1.29 is 9.59 Å². The van der Waals surface area contributed by atoms with Gasteiger partial charge in [0.05, 0.1) is 6.42 Å². The maximum Gasteiger partial charge on any atom is 0.249 e. The second kappa shape index (κ2) is 8.52. The molecule has 7 nitrogen and oxygen atoms in total. The second-order valence-corrected chi connectivity index (χ2v) is 7.41. The lowest BCUT2D eigenvalue weighted by atomic mass is 10.0. The van der Waals surface area contributed by atoms with Crippen molar-refractivity contribution in [2.24, 2.45) is 4.99 Å². The van der Waals surface area contributed by atoms with Gasteiger partial charge in [0.15, 0.2) is 0 Å². The normalized spacial score (nSPS) is 21.0. The first kappa shape index (κ1) is 19.4. The van der Waals surface area contributed by atoms with Crippen LogP contribution in [0.15, 0.2) is 29.3 Å². The number of piperazine rings is 1. The molecule has 0 saturated carbocycles. The number of carbonyl (C=O) groups is 2. The molecule has 0 bridgehead atoms. The van der Waals surface area contributed by atoms with E-state index in [-0.39, 0.29) is 18.2 Å². The first-order valence-electron chi connectivity index (χ1n) is 9.72. The van der Waals surface area contributed by atoms with Crippen LogP contribution in [0.25, 0.3) is 0 Å². The fourth-order valence-electron chi connectivity index (χ4n) is 3.34. The third kappa shape index (κ3) is 4.86. The van der Waals surface area contributed by atoms with Crippen molar-refractivity contribution in [2.75, 3.05) is 38.0 Å². The number of guanidine groups is 1. The monoisotopic (exact) mass is 371 g/mol. The number of hydrogen-bond acceptors (Lipinski definition) is 5. The molecule has 2 aliphatic heterocycles. The number of rotatable bonds is 4. The van der Waals surface area contributed by atoms with Gasteiger partial charge in [-0.1, -0.05) is 32.9 Å². The third-order valence-corrected chi connectivity index (χ3v) is 5.17.